The first-order valence-electron chi connectivity index (χ1n) is 10.9. The SMILES string of the molecule is CC.CCNc1ccc(-c2nc(N3CCOCC3)cc(C3(SC)CC3)n2)cc1.NC=O. The lowest BCUT2D eigenvalue weighted by atomic mass is 10.1. The third-order valence-corrected chi connectivity index (χ3v) is 6.53. The molecule has 4 rings (SSSR count). The molecule has 0 spiro atoms. The summed E-state index contributed by atoms with van der Waals surface area (Å²) in [6, 6.07) is 10.6. The van der Waals surface area contributed by atoms with E-state index in [1.165, 1.54) is 18.5 Å². The highest BCUT2D eigenvalue weighted by atomic mass is 32.2. The van der Waals surface area contributed by atoms with E-state index in [2.05, 4.69) is 59.5 Å². The third kappa shape index (κ3) is 6.58. The molecule has 2 fully saturated rings. The molecule has 1 aliphatic carbocycles. The monoisotopic (exact) mass is 445 g/mol. The molecular weight excluding hydrogens is 410 g/mol. The van der Waals surface area contributed by atoms with Gasteiger partial charge in [-0.05, 0) is 50.3 Å². The van der Waals surface area contributed by atoms with Crippen LogP contribution in [0.15, 0.2) is 30.3 Å². The molecule has 1 saturated heterocycles. The van der Waals surface area contributed by atoms with E-state index in [9.17, 15) is 0 Å². The van der Waals surface area contributed by atoms with Crippen LogP contribution in [-0.2, 0) is 14.3 Å². The molecule has 1 aromatic carbocycles. The minimum atomic E-state index is 0.183. The summed E-state index contributed by atoms with van der Waals surface area (Å²) >= 11 is 1.92. The Kier molecular flexibility index (Phi) is 10.1. The van der Waals surface area contributed by atoms with Gasteiger partial charge >= 0.3 is 0 Å². The first kappa shape index (κ1) is 24.9. The number of nitrogens with one attached hydrogen (secondary N) is 1. The summed E-state index contributed by atoms with van der Waals surface area (Å²) in [5.74, 6) is 1.86. The molecule has 1 amide bonds. The summed E-state index contributed by atoms with van der Waals surface area (Å²) < 4.78 is 5.69. The Bertz CT molecular complexity index is 806. The molecule has 1 aromatic heterocycles. The minimum Gasteiger partial charge on any atom is -0.385 e. The predicted octanol–water partition coefficient (Wildman–Crippen LogP) is 3.89. The lowest BCUT2D eigenvalue weighted by Gasteiger charge is -2.29. The average Bonchev–Trinajstić information content (AvgIpc) is 3.63. The van der Waals surface area contributed by atoms with Crippen molar-refractivity contribution < 1.29 is 9.53 Å². The molecular formula is C23H35N5O2S. The topological polar surface area (TPSA) is 93.4 Å². The second-order valence-corrected chi connectivity index (χ2v) is 8.17. The molecule has 8 heteroatoms. The number of thioether (sulfide) groups is 1. The Hall–Kier alpha value is -2.32. The van der Waals surface area contributed by atoms with Crippen molar-refractivity contribution in [2.75, 3.05) is 49.3 Å². The van der Waals surface area contributed by atoms with Gasteiger partial charge in [-0.3, -0.25) is 4.79 Å². The van der Waals surface area contributed by atoms with Crippen molar-refractivity contribution in [3.8, 4) is 11.4 Å². The molecule has 31 heavy (non-hydrogen) atoms. The van der Waals surface area contributed by atoms with Crippen LogP contribution in [0.4, 0.5) is 11.5 Å². The van der Waals surface area contributed by atoms with Gasteiger partial charge in [-0.1, -0.05) is 13.8 Å². The van der Waals surface area contributed by atoms with Gasteiger partial charge in [-0.25, -0.2) is 9.97 Å². The van der Waals surface area contributed by atoms with Crippen molar-refractivity contribution in [3.05, 3.63) is 36.0 Å². The largest absolute Gasteiger partial charge is 0.385 e. The van der Waals surface area contributed by atoms with Gasteiger partial charge in [0, 0.05) is 37.0 Å². The van der Waals surface area contributed by atoms with Gasteiger partial charge in [0.1, 0.15) is 5.82 Å². The summed E-state index contributed by atoms with van der Waals surface area (Å²) in [7, 11) is 0. The second-order valence-electron chi connectivity index (χ2n) is 6.98. The van der Waals surface area contributed by atoms with Gasteiger partial charge in [-0.2, -0.15) is 11.8 Å². The van der Waals surface area contributed by atoms with E-state index in [4.69, 9.17) is 19.5 Å². The highest BCUT2D eigenvalue weighted by Crippen LogP contribution is 2.55. The van der Waals surface area contributed by atoms with Crippen LogP contribution in [0, 0.1) is 0 Å². The fourth-order valence-corrected chi connectivity index (χ4v) is 4.20. The minimum absolute atomic E-state index is 0.183. The van der Waals surface area contributed by atoms with Gasteiger partial charge < -0.3 is 20.7 Å². The van der Waals surface area contributed by atoms with Gasteiger partial charge in [0.15, 0.2) is 5.82 Å². The van der Waals surface area contributed by atoms with Gasteiger partial charge in [0.25, 0.3) is 0 Å². The maximum Gasteiger partial charge on any atom is 0.204 e. The van der Waals surface area contributed by atoms with Crippen LogP contribution >= 0.6 is 11.8 Å². The summed E-state index contributed by atoms with van der Waals surface area (Å²) in [5, 5.41) is 3.34. The highest BCUT2D eigenvalue weighted by molar-refractivity contribution is 7.99. The maximum atomic E-state index is 8.58. The number of rotatable bonds is 6. The van der Waals surface area contributed by atoms with Gasteiger partial charge in [-0.15, -0.1) is 0 Å². The number of nitrogens with zero attached hydrogens (tertiary/aromatic N) is 3. The molecule has 7 nitrogen and oxygen atoms in total. The Morgan fingerprint density at radius 3 is 2.32 bits per heavy atom. The maximum absolute atomic E-state index is 8.58. The number of amides is 1. The van der Waals surface area contributed by atoms with Crippen LogP contribution in [0.3, 0.4) is 0 Å². The smallest absolute Gasteiger partial charge is 0.204 e. The molecule has 2 aliphatic rings. The predicted molar refractivity (Wildman–Crippen MR) is 131 cm³/mol. The van der Waals surface area contributed by atoms with Gasteiger partial charge in [0.05, 0.1) is 23.7 Å². The Labute approximate surface area is 190 Å². The number of aromatic nitrogens is 2. The zero-order chi connectivity index (χ0) is 22.7. The Balaban J connectivity index is 0.000000630. The number of morpholine rings is 1. The van der Waals surface area contributed by atoms with Crippen LogP contribution in [-0.4, -0.2) is 55.5 Å². The highest BCUT2D eigenvalue weighted by Gasteiger charge is 2.45. The number of carbonyl (C=O) groups excluding carboxylic acids is 1. The first-order chi connectivity index (χ1) is 15.2. The molecule has 3 N–H and O–H groups in total. The summed E-state index contributed by atoms with van der Waals surface area (Å²) in [4.78, 5) is 20.8. The Morgan fingerprint density at radius 1 is 1.19 bits per heavy atom. The van der Waals surface area contributed by atoms with E-state index in [0.29, 0.717) is 0 Å². The van der Waals surface area contributed by atoms with Crippen LogP contribution in [0.2, 0.25) is 0 Å². The second kappa shape index (κ2) is 12.5. The van der Waals surface area contributed by atoms with E-state index >= 15 is 0 Å². The number of ether oxygens (including phenoxy) is 1. The van der Waals surface area contributed by atoms with E-state index in [0.717, 1.165) is 55.7 Å². The fourth-order valence-electron chi connectivity index (χ4n) is 3.37. The molecule has 1 aliphatic heterocycles. The lowest BCUT2D eigenvalue weighted by molar-refractivity contribution is -0.106. The molecule has 0 atom stereocenters. The number of anilines is 2. The van der Waals surface area contributed by atoms with E-state index in [1.54, 1.807) is 0 Å². The van der Waals surface area contributed by atoms with E-state index in [1.807, 2.05) is 25.6 Å². The molecule has 2 heterocycles. The fraction of sp³-hybridized carbons (Fsp3) is 0.522. The van der Waals surface area contributed by atoms with Crippen molar-refractivity contribution in [3.63, 3.8) is 0 Å². The van der Waals surface area contributed by atoms with Crippen molar-refractivity contribution in [1.29, 1.82) is 0 Å². The molecule has 1 saturated carbocycles. The van der Waals surface area contributed by atoms with E-state index in [-0.39, 0.29) is 11.2 Å². The zero-order valence-corrected chi connectivity index (χ0v) is 19.9. The van der Waals surface area contributed by atoms with Crippen LogP contribution in [0.25, 0.3) is 11.4 Å². The van der Waals surface area contributed by atoms with Crippen LogP contribution in [0.5, 0.6) is 0 Å². The van der Waals surface area contributed by atoms with Crippen molar-refractivity contribution in [2.45, 2.75) is 38.4 Å². The zero-order valence-electron chi connectivity index (χ0n) is 19.1. The van der Waals surface area contributed by atoms with E-state index < -0.39 is 0 Å². The van der Waals surface area contributed by atoms with Crippen LogP contribution in [0.1, 0.15) is 39.3 Å². The summed E-state index contributed by atoms with van der Waals surface area (Å²) in [6.07, 6.45) is 4.84. The van der Waals surface area contributed by atoms with Crippen LogP contribution < -0.4 is 16.0 Å². The number of benzene rings is 1. The lowest BCUT2D eigenvalue weighted by Crippen LogP contribution is -2.37. The molecule has 0 bridgehead atoms. The quantitative estimate of drug-likeness (QED) is 0.652. The summed E-state index contributed by atoms with van der Waals surface area (Å²) in [5.41, 5.74) is 7.54. The Morgan fingerprint density at radius 2 is 1.81 bits per heavy atom. The van der Waals surface area contributed by atoms with Gasteiger partial charge in [0.2, 0.25) is 6.41 Å². The number of hydrogen-bond donors (Lipinski definition) is 2. The normalized spacial score (nSPS) is 16.2. The number of hydrogen-bond acceptors (Lipinski definition) is 7. The number of nitrogens with two attached hydrogens (primary N) is 1. The average molecular weight is 446 g/mol. The third-order valence-electron chi connectivity index (χ3n) is 5.13. The standard InChI is InChI=1S/C20H26N4OS.C2H6.CH3NO/c1-3-21-16-6-4-15(5-7-16)19-22-17(20(26-2)8-9-20)14-18(23-19)24-10-12-25-13-11-24;1-2;2-1-3/h4-7,14,21H,3,8-13H2,1-2H3;1-2H3;1H,(H2,2,3). The molecule has 0 unspecified atom stereocenters. The first-order valence-corrected chi connectivity index (χ1v) is 12.2. The molecule has 0 radical (unpaired) electrons. The van der Waals surface area contributed by atoms with Crippen molar-refractivity contribution in [1.82, 2.24) is 9.97 Å². The van der Waals surface area contributed by atoms with Crippen molar-refractivity contribution in [2.24, 2.45) is 5.73 Å². The number of primary amides is 1. The molecule has 2 aromatic rings. The molecule has 170 valence electrons. The summed E-state index contributed by atoms with van der Waals surface area (Å²) in [6.45, 7) is 10.3. The number of carbonyl (C=O) groups is 1. The van der Waals surface area contributed by atoms with Crippen molar-refractivity contribution >= 4 is 29.7 Å².